The molecule has 1 aliphatic heterocycles. The molecule has 2 N–H and O–H groups in total. The number of alkyl halides is 3. The van der Waals surface area contributed by atoms with Crippen molar-refractivity contribution in [3.63, 3.8) is 0 Å². The third-order valence-corrected chi connectivity index (χ3v) is 4.72. The second-order valence-corrected chi connectivity index (χ2v) is 6.83. The average molecular weight is 394 g/mol. The molecule has 1 unspecified atom stereocenters. The summed E-state index contributed by atoms with van der Waals surface area (Å²) in [6.45, 7) is 3.81. The topological polar surface area (TPSA) is 57.5 Å². The molecule has 1 aromatic carbocycles. The molecule has 0 saturated carbocycles. The summed E-state index contributed by atoms with van der Waals surface area (Å²) in [6.07, 6.45) is 0.326. The summed E-state index contributed by atoms with van der Waals surface area (Å²) in [5, 5.41) is 10.8. The first-order chi connectivity index (χ1) is 13.4. The fourth-order valence-electron chi connectivity index (χ4n) is 3.26. The monoisotopic (exact) mass is 394 g/mol. The summed E-state index contributed by atoms with van der Waals surface area (Å²) in [7, 11) is 1.73. The normalized spacial score (nSPS) is 18.4. The van der Waals surface area contributed by atoms with Crippen molar-refractivity contribution in [2.24, 2.45) is 4.99 Å². The Kier molecular flexibility index (Phi) is 6.56. The summed E-state index contributed by atoms with van der Waals surface area (Å²) in [4.78, 5) is 6.49. The van der Waals surface area contributed by atoms with Crippen LogP contribution in [0.2, 0.25) is 0 Å². The number of nitrogens with zero attached hydrogens (tertiary/aromatic N) is 4. The van der Waals surface area contributed by atoms with Crippen molar-refractivity contribution in [1.29, 1.82) is 0 Å². The molecule has 1 aromatic heterocycles. The highest BCUT2D eigenvalue weighted by atomic mass is 19.4. The smallest absolute Gasteiger partial charge is 0.355 e. The van der Waals surface area contributed by atoms with Crippen LogP contribution in [-0.4, -0.2) is 53.4 Å². The van der Waals surface area contributed by atoms with Crippen molar-refractivity contribution in [2.75, 3.05) is 26.7 Å². The molecule has 28 heavy (non-hydrogen) atoms. The molecule has 152 valence electrons. The van der Waals surface area contributed by atoms with E-state index in [0.717, 1.165) is 49.7 Å². The van der Waals surface area contributed by atoms with Gasteiger partial charge in [-0.15, -0.1) is 0 Å². The van der Waals surface area contributed by atoms with E-state index in [1.54, 1.807) is 25.4 Å². The fourth-order valence-corrected chi connectivity index (χ4v) is 3.26. The summed E-state index contributed by atoms with van der Waals surface area (Å²) in [6, 6.07) is 7.54. The van der Waals surface area contributed by atoms with Gasteiger partial charge in [0.25, 0.3) is 0 Å². The van der Waals surface area contributed by atoms with Gasteiger partial charge in [-0.3, -0.25) is 14.6 Å². The van der Waals surface area contributed by atoms with E-state index in [9.17, 15) is 13.2 Å². The largest absolute Gasteiger partial charge is 0.416 e. The molecule has 3 rings (SSSR count). The number of hydrogen-bond donors (Lipinski definition) is 2. The lowest BCUT2D eigenvalue weighted by atomic mass is 10.1. The molecule has 9 heteroatoms. The van der Waals surface area contributed by atoms with Gasteiger partial charge in [0.15, 0.2) is 5.96 Å². The zero-order valence-electron chi connectivity index (χ0n) is 15.8. The molecule has 0 bridgehead atoms. The lowest BCUT2D eigenvalue weighted by Gasteiger charge is -2.19. The van der Waals surface area contributed by atoms with Gasteiger partial charge in [0.05, 0.1) is 12.1 Å². The third-order valence-electron chi connectivity index (χ3n) is 4.72. The van der Waals surface area contributed by atoms with Crippen LogP contribution in [0.25, 0.3) is 0 Å². The lowest BCUT2D eigenvalue weighted by molar-refractivity contribution is -0.137. The van der Waals surface area contributed by atoms with E-state index < -0.39 is 11.7 Å². The van der Waals surface area contributed by atoms with Crippen molar-refractivity contribution < 1.29 is 13.2 Å². The minimum atomic E-state index is -4.29. The van der Waals surface area contributed by atoms with Gasteiger partial charge in [0.2, 0.25) is 0 Å². The number of aliphatic imine (C=N–C) groups is 1. The van der Waals surface area contributed by atoms with Crippen LogP contribution >= 0.6 is 0 Å². The Morgan fingerprint density at radius 2 is 2.07 bits per heavy atom. The third kappa shape index (κ3) is 5.72. The number of guanidine groups is 1. The number of rotatable bonds is 6. The molecule has 2 aromatic rings. The van der Waals surface area contributed by atoms with Crippen molar-refractivity contribution in [2.45, 2.75) is 31.7 Å². The SMILES string of the molecule is CN=C(NCCn1cccn1)NC1CCN(Cc2ccc(C(F)(F)F)cc2)C1. The van der Waals surface area contributed by atoms with Crippen LogP contribution in [0, 0.1) is 0 Å². The zero-order valence-corrected chi connectivity index (χ0v) is 15.8. The van der Waals surface area contributed by atoms with Gasteiger partial charge in [-0.1, -0.05) is 12.1 Å². The van der Waals surface area contributed by atoms with E-state index >= 15 is 0 Å². The van der Waals surface area contributed by atoms with Crippen LogP contribution in [0.3, 0.4) is 0 Å². The van der Waals surface area contributed by atoms with Crippen LogP contribution in [0.1, 0.15) is 17.5 Å². The maximum Gasteiger partial charge on any atom is 0.416 e. The standard InChI is InChI=1S/C19H25F3N6/c1-23-18(24-9-12-28-10-2-8-25-28)26-17-7-11-27(14-17)13-15-3-5-16(6-4-15)19(20,21)22/h2-6,8,10,17H,7,9,11-14H2,1H3,(H2,23,24,26). The van der Waals surface area contributed by atoms with Gasteiger partial charge in [-0.2, -0.15) is 18.3 Å². The van der Waals surface area contributed by atoms with Gasteiger partial charge in [-0.25, -0.2) is 0 Å². The number of aromatic nitrogens is 2. The molecule has 1 fully saturated rings. The number of halogens is 3. The van der Waals surface area contributed by atoms with E-state index in [4.69, 9.17) is 0 Å². The Bertz CT molecular complexity index is 755. The predicted octanol–water partition coefficient (Wildman–Crippen LogP) is 2.34. The molecule has 1 aliphatic rings. The van der Waals surface area contributed by atoms with Gasteiger partial charge in [0.1, 0.15) is 0 Å². The summed E-state index contributed by atoms with van der Waals surface area (Å²) in [5.74, 6) is 0.744. The van der Waals surface area contributed by atoms with E-state index in [0.29, 0.717) is 13.1 Å². The number of hydrogen-bond acceptors (Lipinski definition) is 3. The Balaban J connectivity index is 1.42. The molecule has 0 radical (unpaired) electrons. The Morgan fingerprint density at radius 3 is 2.71 bits per heavy atom. The lowest BCUT2D eigenvalue weighted by Crippen LogP contribution is -2.45. The van der Waals surface area contributed by atoms with E-state index in [-0.39, 0.29) is 6.04 Å². The zero-order chi connectivity index (χ0) is 20.0. The van der Waals surface area contributed by atoms with Crippen molar-refractivity contribution in [3.05, 3.63) is 53.9 Å². The summed E-state index contributed by atoms with van der Waals surface area (Å²) >= 11 is 0. The maximum absolute atomic E-state index is 12.7. The molecular formula is C19H25F3N6. The first-order valence-corrected chi connectivity index (χ1v) is 9.27. The minimum absolute atomic E-state index is 0.255. The minimum Gasteiger partial charge on any atom is -0.355 e. The molecule has 2 heterocycles. The van der Waals surface area contributed by atoms with Crippen molar-refractivity contribution >= 4 is 5.96 Å². The quantitative estimate of drug-likeness (QED) is 0.583. The first-order valence-electron chi connectivity index (χ1n) is 9.27. The Morgan fingerprint density at radius 1 is 1.29 bits per heavy atom. The highest BCUT2D eigenvalue weighted by Crippen LogP contribution is 2.29. The van der Waals surface area contributed by atoms with Crippen LogP contribution in [-0.2, 0) is 19.3 Å². The summed E-state index contributed by atoms with van der Waals surface area (Å²) in [5.41, 5.74) is 0.276. The van der Waals surface area contributed by atoms with Crippen LogP contribution in [0.15, 0.2) is 47.7 Å². The maximum atomic E-state index is 12.7. The summed E-state index contributed by atoms with van der Waals surface area (Å²) < 4.78 is 39.8. The van der Waals surface area contributed by atoms with Gasteiger partial charge >= 0.3 is 6.18 Å². The highest BCUT2D eigenvalue weighted by molar-refractivity contribution is 5.79. The van der Waals surface area contributed by atoms with Crippen LogP contribution in [0.4, 0.5) is 13.2 Å². The second-order valence-electron chi connectivity index (χ2n) is 6.83. The number of likely N-dealkylation sites (tertiary alicyclic amines) is 1. The van der Waals surface area contributed by atoms with E-state index in [1.165, 1.54) is 0 Å². The Labute approximate surface area is 162 Å². The molecule has 1 saturated heterocycles. The molecule has 0 spiro atoms. The molecule has 0 amide bonds. The van der Waals surface area contributed by atoms with Gasteiger partial charge in [-0.05, 0) is 30.2 Å². The molecular weight excluding hydrogens is 369 g/mol. The van der Waals surface area contributed by atoms with Crippen molar-refractivity contribution in [1.82, 2.24) is 25.3 Å². The first kappa shape index (κ1) is 20.2. The van der Waals surface area contributed by atoms with E-state index in [2.05, 4.69) is 25.6 Å². The van der Waals surface area contributed by atoms with Gasteiger partial charge in [0, 0.05) is 51.7 Å². The van der Waals surface area contributed by atoms with Crippen molar-refractivity contribution in [3.8, 4) is 0 Å². The fraction of sp³-hybridized carbons (Fsp3) is 0.474. The van der Waals surface area contributed by atoms with Crippen LogP contribution < -0.4 is 10.6 Å². The number of nitrogens with one attached hydrogen (secondary N) is 2. The van der Waals surface area contributed by atoms with Crippen LogP contribution in [0.5, 0.6) is 0 Å². The average Bonchev–Trinajstić information content (AvgIpc) is 3.33. The van der Waals surface area contributed by atoms with E-state index in [1.807, 2.05) is 16.9 Å². The molecule has 6 nitrogen and oxygen atoms in total. The van der Waals surface area contributed by atoms with Gasteiger partial charge < -0.3 is 10.6 Å². The predicted molar refractivity (Wildman–Crippen MR) is 102 cm³/mol. The Hall–Kier alpha value is -2.55. The second kappa shape index (κ2) is 9.09. The highest BCUT2D eigenvalue weighted by Gasteiger charge is 2.30. The molecule has 0 aliphatic carbocycles. The number of benzene rings is 1. The molecule has 1 atom stereocenters.